The molecule has 2 aromatic rings. The number of rotatable bonds is 5. The van der Waals surface area contributed by atoms with E-state index in [-0.39, 0.29) is 11.9 Å². The molecular formula is C19H25N3O3. The molecule has 25 heavy (non-hydrogen) atoms. The quantitative estimate of drug-likeness (QED) is 0.778. The predicted octanol–water partition coefficient (Wildman–Crippen LogP) is 2.87. The topological polar surface area (TPSA) is 58.8 Å². The van der Waals surface area contributed by atoms with Gasteiger partial charge in [0.2, 0.25) is 0 Å². The SMILES string of the molecule is Cc1ccnc(N2CCN(Cc3ccco3)CC2)c1OC(=O)C(C)C. The van der Waals surface area contributed by atoms with E-state index >= 15 is 0 Å². The van der Waals surface area contributed by atoms with Crippen molar-refractivity contribution in [2.45, 2.75) is 27.3 Å². The number of anilines is 1. The van der Waals surface area contributed by atoms with E-state index in [2.05, 4.69) is 14.8 Å². The van der Waals surface area contributed by atoms with Crippen molar-refractivity contribution < 1.29 is 13.9 Å². The fourth-order valence-electron chi connectivity index (χ4n) is 2.84. The monoisotopic (exact) mass is 343 g/mol. The number of aromatic nitrogens is 1. The van der Waals surface area contributed by atoms with Crippen molar-refractivity contribution in [1.82, 2.24) is 9.88 Å². The first kappa shape index (κ1) is 17.5. The van der Waals surface area contributed by atoms with Crippen molar-refractivity contribution in [2.75, 3.05) is 31.1 Å². The van der Waals surface area contributed by atoms with Gasteiger partial charge in [-0.3, -0.25) is 9.69 Å². The largest absolute Gasteiger partial charge is 0.468 e. The number of aryl methyl sites for hydroxylation is 1. The van der Waals surface area contributed by atoms with E-state index in [1.54, 1.807) is 12.5 Å². The Morgan fingerprint density at radius 3 is 2.68 bits per heavy atom. The summed E-state index contributed by atoms with van der Waals surface area (Å²) in [7, 11) is 0. The summed E-state index contributed by atoms with van der Waals surface area (Å²) in [6.07, 6.45) is 3.48. The van der Waals surface area contributed by atoms with Crippen LogP contribution in [0.5, 0.6) is 5.75 Å². The third-order valence-electron chi connectivity index (χ3n) is 4.39. The zero-order valence-electron chi connectivity index (χ0n) is 15.1. The van der Waals surface area contributed by atoms with Crippen LogP contribution in [0.4, 0.5) is 5.82 Å². The van der Waals surface area contributed by atoms with Gasteiger partial charge in [0.1, 0.15) is 5.76 Å². The van der Waals surface area contributed by atoms with Crippen molar-refractivity contribution in [3.05, 3.63) is 42.0 Å². The highest BCUT2D eigenvalue weighted by atomic mass is 16.5. The molecule has 0 N–H and O–H groups in total. The maximum Gasteiger partial charge on any atom is 0.313 e. The molecule has 1 aliphatic heterocycles. The van der Waals surface area contributed by atoms with E-state index in [1.165, 1.54) is 0 Å². The first-order valence-corrected chi connectivity index (χ1v) is 8.71. The average Bonchev–Trinajstić information content (AvgIpc) is 3.10. The summed E-state index contributed by atoms with van der Waals surface area (Å²) in [4.78, 5) is 21.1. The van der Waals surface area contributed by atoms with Crippen LogP contribution in [0.1, 0.15) is 25.2 Å². The fraction of sp³-hybridized carbons (Fsp3) is 0.474. The van der Waals surface area contributed by atoms with Crippen LogP contribution in [0.15, 0.2) is 35.1 Å². The van der Waals surface area contributed by atoms with Crippen LogP contribution in [-0.4, -0.2) is 42.0 Å². The van der Waals surface area contributed by atoms with Crippen LogP contribution in [0.3, 0.4) is 0 Å². The number of piperazine rings is 1. The van der Waals surface area contributed by atoms with E-state index in [4.69, 9.17) is 9.15 Å². The molecule has 1 fully saturated rings. The van der Waals surface area contributed by atoms with Gasteiger partial charge in [-0.25, -0.2) is 4.98 Å². The number of hydrogen-bond donors (Lipinski definition) is 0. The van der Waals surface area contributed by atoms with Crippen LogP contribution in [0, 0.1) is 12.8 Å². The van der Waals surface area contributed by atoms with E-state index in [1.807, 2.05) is 39.0 Å². The molecule has 0 bridgehead atoms. The molecule has 0 aliphatic carbocycles. The van der Waals surface area contributed by atoms with Crippen LogP contribution >= 0.6 is 0 Å². The van der Waals surface area contributed by atoms with Gasteiger partial charge in [0.05, 0.1) is 18.7 Å². The number of ether oxygens (including phenoxy) is 1. The Morgan fingerprint density at radius 2 is 2.04 bits per heavy atom. The second-order valence-electron chi connectivity index (χ2n) is 6.70. The predicted molar refractivity (Wildman–Crippen MR) is 95.6 cm³/mol. The molecule has 1 saturated heterocycles. The van der Waals surface area contributed by atoms with Crippen LogP contribution in [-0.2, 0) is 11.3 Å². The van der Waals surface area contributed by atoms with Crippen molar-refractivity contribution in [3.63, 3.8) is 0 Å². The first-order chi connectivity index (χ1) is 12.0. The molecule has 0 amide bonds. The average molecular weight is 343 g/mol. The second-order valence-corrected chi connectivity index (χ2v) is 6.70. The van der Waals surface area contributed by atoms with Gasteiger partial charge in [-0.05, 0) is 30.7 Å². The number of furan rings is 1. The number of esters is 1. The Hall–Kier alpha value is -2.34. The first-order valence-electron chi connectivity index (χ1n) is 8.71. The molecule has 3 rings (SSSR count). The minimum Gasteiger partial charge on any atom is -0.468 e. The Balaban J connectivity index is 1.68. The van der Waals surface area contributed by atoms with E-state index in [0.29, 0.717) is 5.75 Å². The molecule has 6 nitrogen and oxygen atoms in total. The lowest BCUT2D eigenvalue weighted by molar-refractivity contribution is -0.137. The molecule has 6 heteroatoms. The molecule has 0 spiro atoms. The molecule has 2 aromatic heterocycles. The molecule has 134 valence electrons. The Labute approximate surface area is 148 Å². The highest BCUT2D eigenvalue weighted by Crippen LogP contribution is 2.31. The molecule has 0 unspecified atom stereocenters. The summed E-state index contributed by atoms with van der Waals surface area (Å²) >= 11 is 0. The van der Waals surface area contributed by atoms with Crippen molar-refractivity contribution in [3.8, 4) is 5.75 Å². The van der Waals surface area contributed by atoms with Crippen LogP contribution in [0.2, 0.25) is 0 Å². The summed E-state index contributed by atoms with van der Waals surface area (Å²) in [6.45, 7) is 9.93. The van der Waals surface area contributed by atoms with Crippen molar-refractivity contribution in [2.24, 2.45) is 5.92 Å². The maximum atomic E-state index is 12.0. The lowest BCUT2D eigenvalue weighted by atomic mass is 10.2. The Morgan fingerprint density at radius 1 is 1.28 bits per heavy atom. The highest BCUT2D eigenvalue weighted by molar-refractivity contribution is 5.76. The number of pyridine rings is 1. The van der Waals surface area contributed by atoms with Gasteiger partial charge in [-0.15, -0.1) is 0 Å². The van der Waals surface area contributed by atoms with Gasteiger partial charge in [0, 0.05) is 32.4 Å². The van der Waals surface area contributed by atoms with Gasteiger partial charge >= 0.3 is 5.97 Å². The Bertz CT molecular complexity index is 705. The molecule has 0 aromatic carbocycles. The summed E-state index contributed by atoms with van der Waals surface area (Å²) in [5.74, 6) is 1.92. The number of hydrogen-bond acceptors (Lipinski definition) is 6. The molecule has 0 saturated carbocycles. The summed E-state index contributed by atoms with van der Waals surface area (Å²) < 4.78 is 11.1. The zero-order valence-corrected chi connectivity index (χ0v) is 15.1. The van der Waals surface area contributed by atoms with Gasteiger partial charge < -0.3 is 14.1 Å². The molecule has 0 atom stereocenters. The molecule has 3 heterocycles. The van der Waals surface area contributed by atoms with Gasteiger partial charge in [-0.2, -0.15) is 0 Å². The van der Waals surface area contributed by atoms with Gasteiger partial charge in [-0.1, -0.05) is 13.8 Å². The lowest BCUT2D eigenvalue weighted by Gasteiger charge is -2.35. The molecular weight excluding hydrogens is 318 g/mol. The summed E-state index contributed by atoms with van der Waals surface area (Å²) in [6, 6.07) is 5.79. The lowest BCUT2D eigenvalue weighted by Crippen LogP contribution is -2.46. The third-order valence-corrected chi connectivity index (χ3v) is 4.39. The van der Waals surface area contributed by atoms with E-state index in [0.717, 1.165) is 49.9 Å². The van der Waals surface area contributed by atoms with Crippen LogP contribution < -0.4 is 9.64 Å². The smallest absolute Gasteiger partial charge is 0.313 e. The summed E-state index contributed by atoms with van der Waals surface area (Å²) in [5, 5.41) is 0. The van der Waals surface area contributed by atoms with Gasteiger partial charge in [0.25, 0.3) is 0 Å². The Kier molecular flexibility index (Phi) is 5.38. The van der Waals surface area contributed by atoms with E-state index < -0.39 is 0 Å². The number of nitrogens with zero attached hydrogens (tertiary/aromatic N) is 3. The van der Waals surface area contributed by atoms with Crippen molar-refractivity contribution >= 4 is 11.8 Å². The van der Waals surface area contributed by atoms with Crippen molar-refractivity contribution in [1.29, 1.82) is 0 Å². The second kappa shape index (κ2) is 7.70. The highest BCUT2D eigenvalue weighted by Gasteiger charge is 2.24. The standard InChI is InChI=1S/C19H25N3O3/c1-14(2)19(23)25-17-15(3)6-7-20-18(17)22-10-8-21(9-11-22)13-16-5-4-12-24-16/h4-7,12,14H,8-11,13H2,1-3H3. The molecule has 0 radical (unpaired) electrons. The minimum atomic E-state index is -0.228. The van der Waals surface area contributed by atoms with E-state index in [9.17, 15) is 4.79 Å². The maximum absolute atomic E-state index is 12.0. The summed E-state index contributed by atoms with van der Waals surface area (Å²) in [5.41, 5.74) is 0.928. The number of carbonyl (C=O) groups is 1. The van der Waals surface area contributed by atoms with Gasteiger partial charge in [0.15, 0.2) is 11.6 Å². The minimum absolute atomic E-state index is 0.169. The fourth-order valence-corrected chi connectivity index (χ4v) is 2.84. The third kappa shape index (κ3) is 4.20. The zero-order chi connectivity index (χ0) is 17.8. The molecule has 1 aliphatic rings. The normalized spacial score (nSPS) is 15.6. The number of carbonyl (C=O) groups excluding carboxylic acids is 1. The van der Waals surface area contributed by atoms with Crippen LogP contribution in [0.25, 0.3) is 0 Å².